The van der Waals surface area contributed by atoms with Gasteiger partial charge in [0.1, 0.15) is 0 Å². The van der Waals surface area contributed by atoms with Gasteiger partial charge in [-0.1, -0.05) is 6.92 Å². The van der Waals surface area contributed by atoms with E-state index in [0.717, 1.165) is 28.9 Å². The molecule has 0 aliphatic carbocycles. The van der Waals surface area contributed by atoms with E-state index in [4.69, 9.17) is 0 Å². The molecule has 0 aliphatic heterocycles. The number of amides is 1. The van der Waals surface area contributed by atoms with Crippen molar-refractivity contribution in [3.63, 3.8) is 0 Å². The third kappa shape index (κ3) is 5.84. The first kappa shape index (κ1) is 15.9. The third-order valence-corrected chi connectivity index (χ3v) is 3.50. The van der Waals surface area contributed by atoms with Crippen molar-refractivity contribution in [3.8, 4) is 0 Å². The summed E-state index contributed by atoms with van der Waals surface area (Å²) >= 11 is 4.77. The Morgan fingerprint density at radius 1 is 1.44 bits per heavy atom. The molecule has 0 unspecified atom stereocenters. The average molecular weight is 328 g/mol. The number of rotatable bonds is 6. The van der Waals surface area contributed by atoms with E-state index in [1.54, 1.807) is 0 Å². The number of thiophene rings is 1. The number of nitrogens with one attached hydrogen (secondary N) is 2. The second-order valence-corrected chi connectivity index (χ2v) is 4.96. The van der Waals surface area contributed by atoms with E-state index >= 15 is 0 Å². The monoisotopic (exact) mass is 326 g/mol. The standard InChI is InChI=1S/C10H15BrN2OS.ClH/c1-2-3-12-4-5-13-10(14)9-6-8(11)7-15-9;/h6-7,12H,2-5H2,1H3,(H,13,14);1H. The minimum atomic E-state index is 0. The van der Waals surface area contributed by atoms with Crippen LogP contribution in [-0.4, -0.2) is 25.5 Å². The van der Waals surface area contributed by atoms with Gasteiger partial charge in [0.25, 0.3) is 5.91 Å². The van der Waals surface area contributed by atoms with Gasteiger partial charge in [0.15, 0.2) is 0 Å². The van der Waals surface area contributed by atoms with E-state index < -0.39 is 0 Å². The average Bonchev–Trinajstić information content (AvgIpc) is 2.64. The summed E-state index contributed by atoms with van der Waals surface area (Å²) in [6.07, 6.45) is 1.12. The lowest BCUT2D eigenvalue weighted by Crippen LogP contribution is -2.31. The topological polar surface area (TPSA) is 41.1 Å². The van der Waals surface area contributed by atoms with Crippen LogP contribution in [0.5, 0.6) is 0 Å². The van der Waals surface area contributed by atoms with Crippen molar-refractivity contribution < 1.29 is 4.79 Å². The van der Waals surface area contributed by atoms with Gasteiger partial charge >= 0.3 is 0 Å². The second-order valence-electron chi connectivity index (χ2n) is 3.14. The third-order valence-electron chi connectivity index (χ3n) is 1.81. The maximum Gasteiger partial charge on any atom is 0.261 e. The minimum absolute atomic E-state index is 0. The van der Waals surface area contributed by atoms with Crippen molar-refractivity contribution in [2.45, 2.75) is 13.3 Å². The first-order valence-electron chi connectivity index (χ1n) is 4.97. The Morgan fingerprint density at radius 3 is 2.75 bits per heavy atom. The smallest absolute Gasteiger partial charge is 0.261 e. The molecule has 0 saturated carbocycles. The molecule has 0 fully saturated rings. The molecular weight excluding hydrogens is 312 g/mol. The van der Waals surface area contributed by atoms with Crippen LogP contribution in [-0.2, 0) is 0 Å². The van der Waals surface area contributed by atoms with Gasteiger partial charge in [-0.3, -0.25) is 4.79 Å². The van der Waals surface area contributed by atoms with Gasteiger partial charge in [0.2, 0.25) is 0 Å². The van der Waals surface area contributed by atoms with Gasteiger partial charge < -0.3 is 10.6 Å². The van der Waals surface area contributed by atoms with Crippen LogP contribution in [0.2, 0.25) is 0 Å². The molecule has 92 valence electrons. The molecule has 3 nitrogen and oxygen atoms in total. The first-order valence-corrected chi connectivity index (χ1v) is 6.64. The molecular formula is C10H16BrClN2OS. The minimum Gasteiger partial charge on any atom is -0.350 e. The number of hydrogen-bond acceptors (Lipinski definition) is 3. The Labute approximate surface area is 115 Å². The molecule has 2 N–H and O–H groups in total. The molecule has 1 rings (SSSR count). The molecule has 16 heavy (non-hydrogen) atoms. The van der Waals surface area contributed by atoms with Crippen LogP contribution in [0.15, 0.2) is 15.9 Å². The SMILES string of the molecule is CCCNCCNC(=O)c1cc(Br)cs1.Cl. The Hall–Kier alpha value is -0.100. The normalized spacial score (nSPS) is 9.62. The Morgan fingerprint density at radius 2 is 2.19 bits per heavy atom. The van der Waals surface area contributed by atoms with Crippen molar-refractivity contribution in [2.24, 2.45) is 0 Å². The van der Waals surface area contributed by atoms with Crippen LogP contribution < -0.4 is 10.6 Å². The van der Waals surface area contributed by atoms with Crippen molar-refractivity contribution in [1.29, 1.82) is 0 Å². The van der Waals surface area contributed by atoms with Gasteiger partial charge in [0, 0.05) is 22.9 Å². The van der Waals surface area contributed by atoms with E-state index in [1.165, 1.54) is 11.3 Å². The summed E-state index contributed by atoms with van der Waals surface area (Å²) in [6.45, 7) is 4.62. The highest BCUT2D eigenvalue weighted by molar-refractivity contribution is 9.10. The molecule has 1 heterocycles. The molecule has 0 aromatic carbocycles. The van der Waals surface area contributed by atoms with Crippen molar-refractivity contribution in [1.82, 2.24) is 10.6 Å². The molecule has 1 amide bonds. The summed E-state index contributed by atoms with van der Waals surface area (Å²) < 4.78 is 0.960. The fraction of sp³-hybridized carbons (Fsp3) is 0.500. The second kappa shape index (κ2) is 8.98. The number of carbonyl (C=O) groups is 1. The maximum absolute atomic E-state index is 11.5. The highest BCUT2D eigenvalue weighted by Crippen LogP contribution is 2.19. The predicted molar refractivity (Wildman–Crippen MR) is 74.8 cm³/mol. The molecule has 1 aromatic rings. The van der Waals surface area contributed by atoms with Gasteiger partial charge in [-0.25, -0.2) is 0 Å². The van der Waals surface area contributed by atoms with Crippen LogP contribution in [0.3, 0.4) is 0 Å². The summed E-state index contributed by atoms with van der Waals surface area (Å²) in [5.74, 6) is 0.00370. The zero-order valence-corrected chi connectivity index (χ0v) is 12.3. The Bertz CT molecular complexity index is 320. The van der Waals surface area contributed by atoms with E-state index in [9.17, 15) is 4.79 Å². The van der Waals surface area contributed by atoms with Crippen molar-refractivity contribution in [2.75, 3.05) is 19.6 Å². The fourth-order valence-electron chi connectivity index (χ4n) is 1.09. The Kier molecular flexibility index (Phi) is 8.93. The molecule has 0 saturated heterocycles. The molecule has 0 atom stereocenters. The van der Waals surface area contributed by atoms with Crippen LogP contribution in [0.25, 0.3) is 0 Å². The predicted octanol–water partition coefficient (Wildman–Crippen LogP) is 2.66. The zero-order chi connectivity index (χ0) is 11.1. The summed E-state index contributed by atoms with van der Waals surface area (Å²) in [5.41, 5.74) is 0. The Balaban J connectivity index is 0.00000225. The lowest BCUT2D eigenvalue weighted by atomic mass is 10.4. The number of hydrogen-bond donors (Lipinski definition) is 2. The maximum atomic E-state index is 11.5. The molecule has 1 aromatic heterocycles. The van der Waals surface area contributed by atoms with Gasteiger partial charge in [0.05, 0.1) is 4.88 Å². The van der Waals surface area contributed by atoms with Gasteiger partial charge in [-0.05, 0) is 35.0 Å². The van der Waals surface area contributed by atoms with Crippen LogP contribution in [0.1, 0.15) is 23.0 Å². The molecule has 0 aliphatic rings. The highest BCUT2D eigenvalue weighted by atomic mass is 79.9. The molecule has 0 radical (unpaired) electrons. The fourth-order valence-corrected chi connectivity index (χ4v) is 2.43. The summed E-state index contributed by atoms with van der Waals surface area (Å²) in [5, 5.41) is 7.99. The van der Waals surface area contributed by atoms with E-state index in [-0.39, 0.29) is 18.3 Å². The molecule has 0 spiro atoms. The number of halogens is 2. The summed E-state index contributed by atoms with van der Waals surface area (Å²) in [7, 11) is 0. The highest BCUT2D eigenvalue weighted by Gasteiger charge is 2.06. The molecule has 6 heteroatoms. The van der Waals surface area contributed by atoms with Crippen molar-refractivity contribution >= 4 is 45.6 Å². The zero-order valence-electron chi connectivity index (χ0n) is 9.09. The number of carbonyl (C=O) groups excluding carboxylic acids is 1. The van der Waals surface area contributed by atoms with Crippen LogP contribution in [0.4, 0.5) is 0 Å². The van der Waals surface area contributed by atoms with Crippen LogP contribution >= 0.6 is 39.7 Å². The lowest BCUT2D eigenvalue weighted by Gasteiger charge is -2.04. The van der Waals surface area contributed by atoms with E-state index in [1.807, 2.05) is 11.4 Å². The van der Waals surface area contributed by atoms with E-state index in [2.05, 4.69) is 33.5 Å². The van der Waals surface area contributed by atoms with Crippen LogP contribution in [0, 0.1) is 0 Å². The first-order chi connectivity index (χ1) is 7.24. The quantitative estimate of drug-likeness (QED) is 0.789. The summed E-state index contributed by atoms with van der Waals surface area (Å²) in [6, 6.07) is 1.83. The van der Waals surface area contributed by atoms with Gasteiger partial charge in [-0.15, -0.1) is 23.7 Å². The van der Waals surface area contributed by atoms with E-state index in [0.29, 0.717) is 6.54 Å². The molecule has 0 bridgehead atoms. The van der Waals surface area contributed by atoms with Crippen molar-refractivity contribution in [3.05, 3.63) is 20.8 Å². The van der Waals surface area contributed by atoms with Gasteiger partial charge in [-0.2, -0.15) is 0 Å². The largest absolute Gasteiger partial charge is 0.350 e. The summed E-state index contributed by atoms with van der Waals surface area (Å²) in [4.78, 5) is 12.3. The lowest BCUT2D eigenvalue weighted by molar-refractivity contribution is 0.0958.